The first kappa shape index (κ1) is 27.8. The first-order valence-electron chi connectivity index (χ1n) is 11.5. The summed E-state index contributed by atoms with van der Waals surface area (Å²) in [5.41, 5.74) is -1.06. The van der Waals surface area contributed by atoms with Crippen LogP contribution < -0.4 is 0 Å². The lowest BCUT2D eigenvalue weighted by Crippen LogP contribution is -2.59. The Labute approximate surface area is 193 Å². The Morgan fingerprint density at radius 1 is 1.25 bits per heavy atom. The number of rotatable bonds is 13. The van der Waals surface area contributed by atoms with Crippen molar-refractivity contribution >= 4 is 18.2 Å². The predicted octanol–water partition coefficient (Wildman–Crippen LogP) is 5.26. The molecule has 1 aliphatic rings. The summed E-state index contributed by atoms with van der Waals surface area (Å²) in [4.78, 5) is 35.9. The fourth-order valence-electron chi connectivity index (χ4n) is 4.02. The molecular weight excluding hydrogens is 408 g/mol. The monoisotopic (exact) mass is 448 g/mol. The summed E-state index contributed by atoms with van der Waals surface area (Å²) in [5, 5.41) is 0. The van der Waals surface area contributed by atoms with Gasteiger partial charge in [0.2, 0.25) is 0 Å². The topological polar surface area (TPSA) is 78.9 Å². The summed E-state index contributed by atoms with van der Waals surface area (Å²) >= 11 is 0. The zero-order chi connectivity index (χ0) is 24.2. The molecule has 0 amide bonds. The molecule has 0 N–H and O–H groups in total. The standard InChI is InChI=1S/C26H40O6/c1-7-9-10-11-12-15-22(28)31-24-20(19-23(29)30-6)18-21(14-8-2)32-26(24,5)25(3,4)16-13-17-27/h8,13,16-17,19,21,24H,2,7,9-12,14-15,18H2,1,3-6H3/b16-13+,20-19+/t21-,24+,26-/m1/s1. The Bertz CT molecular complexity index is 705. The summed E-state index contributed by atoms with van der Waals surface area (Å²) in [5.74, 6) is -0.835. The summed E-state index contributed by atoms with van der Waals surface area (Å²) in [6, 6.07) is 0. The number of methoxy groups -OCH3 is 1. The quantitative estimate of drug-likeness (QED) is 0.126. The van der Waals surface area contributed by atoms with Crippen LogP contribution in [0.5, 0.6) is 0 Å². The van der Waals surface area contributed by atoms with Gasteiger partial charge in [-0.05, 0) is 37.8 Å². The lowest BCUT2D eigenvalue weighted by Gasteiger charge is -2.52. The van der Waals surface area contributed by atoms with E-state index in [1.165, 1.54) is 19.3 Å². The molecule has 180 valence electrons. The molecule has 1 rings (SSSR count). The van der Waals surface area contributed by atoms with Crippen molar-refractivity contribution in [2.45, 2.75) is 96.9 Å². The van der Waals surface area contributed by atoms with Gasteiger partial charge < -0.3 is 14.2 Å². The number of hydrogen-bond donors (Lipinski definition) is 0. The molecule has 0 spiro atoms. The average Bonchev–Trinajstić information content (AvgIpc) is 2.74. The molecule has 32 heavy (non-hydrogen) atoms. The largest absolute Gasteiger partial charge is 0.466 e. The summed E-state index contributed by atoms with van der Waals surface area (Å²) in [7, 11) is 1.31. The van der Waals surface area contributed by atoms with Crippen LogP contribution in [0, 0.1) is 5.41 Å². The number of esters is 2. The van der Waals surface area contributed by atoms with Gasteiger partial charge in [0, 0.05) is 17.9 Å². The normalized spacial score (nSPS) is 25.0. The molecule has 0 bridgehead atoms. The molecule has 1 fully saturated rings. The van der Waals surface area contributed by atoms with Crippen molar-refractivity contribution in [1.29, 1.82) is 0 Å². The Balaban J connectivity index is 3.28. The van der Waals surface area contributed by atoms with E-state index in [1.807, 2.05) is 20.8 Å². The minimum absolute atomic E-state index is 0.249. The maximum Gasteiger partial charge on any atom is 0.330 e. The number of unbranched alkanes of at least 4 members (excludes halogenated alkanes) is 4. The number of carbonyl (C=O) groups excluding carboxylic acids is 3. The Morgan fingerprint density at radius 3 is 2.53 bits per heavy atom. The Kier molecular flexibility index (Phi) is 11.6. The molecular formula is C26H40O6. The zero-order valence-corrected chi connectivity index (χ0v) is 20.4. The zero-order valence-electron chi connectivity index (χ0n) is 20.4. The number of carbonyl (C=O) groups is 3. The van der Waals surface area contributed by atoms with Crippen molar-refractivity contribution in [1.82, 2.24) is 0 Å². The number of allylic oxidation sites excluding steroid dienone is 1. The predicted molar refractivity (Wildman–Crippen MR) is 125 cm³/mol. The smallest absolute Gasteiger partial charge is 0.330 e. The van der Waals surface area contributed by atoms with E-state index in [4.69, 9.17) is 14.2 Å². The van der Waals surface area contributed by atoms with Gasteiger partial charge in [0.05, 0.1) is 13.2 Å². The lowest BCUT2D eigenvalue weighted by molar-refractivity contribution is -0.213. The van der Waals surface area contributed by atoms with E-state index in [2.05, 4.69) is 13.5 Å². The van der Waals surface area contributed by atoms with Gasteiger partial charge in [-0.15, -0.1) is 6.58 Å². The van der Waals surface area contributed by atoms with Crippen LogP contribution in [-0.4, -0.2) is 43.1 Å². The van der Waals surface area contributed by atoms with Crippen molar-refractivity contribution in [3.8, 4) is 0 Å². The van der Waals surface area contributed by atoms with Gasteiger partial charge in [0.25, 0.3) is 0 Å². The molecule has 0 aliphatic carbocycles. The van der Waals surface area contributed by atoms with E-state index in [9.17, 15) is 14.4 Å². The van der Waals surface area contributed by atoms with Gasteiger partial charge in [0.15, 0.2) is 6.10 Å². The minimum atomic E-state index is -1.02. The molecule has 6 heteroatoms. The highest BCUT2D eigenvalue weighted by Crippen LogP contribution is 2.47. The first-order chi connectivity index (χ1) is 15.1. The Hall–Kier alpha value is -2.21. The van der Waals surface area contributed by atoms with Gasteiger partial charge in [-0.25, -0.2) is 4.79 Å². The third-order valence-electron chi connectivity index (χ3n) is 6.25. The van der Waals surface area contributed by atoms with Gasteiger partial charge in [-0.2, -0.15) is 0 Å². The van der Waals surface area contributed by atoms with E-state index >= 15 is 0 Å². The van der Waals surface area contributed by atoms with E-state index in [0.29, 0.717) is 31.1 Å². The number of ether oxygens (including phenoxy) is 3. The fraction of sp³-hybridized carbons (Fsp3) is 0.654. The molecule has 6 nitrogen and oxygen atoms in total. The van der Waals surface area contributed by atoms with Gasteiger partial charge in [0.1, 0.15) is 11.9 Å². The highest BCUT2D eigenvalue weighted by molar-refractivity contribution is 5.83. The maximum atomic E-state index is 12.8. The molecule has 3 atom stereocenters. The van der Waals surface area contributed by atoms with Crippen LogP contribution in [-0.2, 0) is 28.6 Å². The van der Waals surface area contributed by atoms with E-state index < -0.39 is 23.1 Å². The highest BCUT2D eigenvalue weighted by Gasteiger charge is 2.54. The minimum Gasteiger partial charge on any atom is -0.466 e. The van der Waals surface area contributed by atoms with Crippen LogP contribution in [0.1, 0.15) is 79.1 Å². The molecule has 0 saturated carbocycles. The fourth-order valence-corrected chi connectivity index (χ4v) is 4.02. The Morgan fingerprint density at radius 2 is 1.94 bits per heavy atom. The summed E-state index contributed by atoms with van der Waals surface area (Å²) < 4.78 is 17.3. The molecule has 0 aromatic carbocycles. The summed E-state index contributed by atoms with van der Waals surface area (Å²) in [6.45, 7) is 11.7. The first-order valence-corrected chi connectivity index (χ1v) is 11.5. The molecule has 0 aromatic heterocycles. The average molecular weight is 449 g/mol. The van der Waals surface area contributed by atoms with Crippen LogP contribution >= 0.6 is 0 Å². The van der Waals surface area contributed by atoms with Crippen LogP contribution in [0.3, 0.4) is 0 Å². The van der Waals surface area contributed by atoms with Gasteiger partial charge in [-0.1, -0.05) is 58.6 Å². The molecule has 1 heterocycles. The number of hydrogen-bond acceptors (Lipinski definition) is 6. The second-order valence-electron chi connectivity index (χ2n) is 9.07. The lowest BCUT2D eigenvalue weighted by atomic mass is 9.68. The summed E-state index contributed by atoms with van der Waals surface area (Å²) in [6.07, 6.45) is 12.4. The third kappa shape index (κ3) is 7.73. The van der Waals surface area contributed by atoms with Crippen LogP contribution in [0.15, 0.2) is 36.5 Å². The van der Waals surface area contributed by atoms with E-state index in [-0.39, 0.29) is 12.1 Å². The second-order valence-corrected chi connectivity index (χ2v) is 9.07. The van der Waals surface area contributed by atoms with E-state index in [1.54, 1.807) is 12.2 Å². The van der Waals surface area contributed by atoms with Crippen LogP contribution in [0.2, 0.25) is 0 Å². The molecule has 0 aromatic rings. The number of aldehydes is 1. The van der Waals surface area contributed by atoms with E-state index in [0.717, 1.165) is 32.1 Å². The van der Waals surface area contributed by atoms with Crippen LogP contribution in [0.25, 0.3) is 0 Å². The van der Waals surface area contributed by atoms with Crippen molar-refractivity contribution in [3.63, 3.8) is 0 Å². The van der Waals surface area contributed by atoms with Crippen LogP contribution in [0.4, 0.5) is 0 Å². The van der Waals surface area contributed by atoms with Gasteiger partial charge in [-0.3, -0.25) is 9.59 Å². The maximum absolute atomic E-state index is 12.8. The van der Waals surface area contributed by atoms with Crippen molar-refractivity contribution < 1.29 is 28.6 Å². The van der Waals surface area contributed by atoms with Crippen molar-refractivity contribution in [3.05, 3.63) is 36.5 Å². The molecule has 0 unspecified atom stereocenters. The molecule has 1 aliphatic heterocycles. The second kappa shape index (κ2) is 13.4. The molecule has 1 saturated heterocycles. The molecule has 0 radical (unpaired) electrons. The third-order valence-corrected chi connectivity index (χ3v) is 6.25. The van der Waals surface area contributed by atoms with Gasteiger partial charge >= 0.3 is 11.9 Å². The SMILES string of the molecule is C=CC[C@@H]1C/C(=C\C(=O)OC)[C@H](OC(=O)CCCCCCC)[C@](C)(C(C)(C)/C=C/C=O)O1. The highest BCUT2D eigenvalue weighted by atomic mass is 16.6. The van der Waals surface area contributed by atoms with Crippen molar-refractivity contribution in [2.75, 3.05) is 7.11 Å². The van der Waals surface area contributed by atoms with Crippen molar-refractivity contribution in [2.24, 2.45) is 5.41 Å².